The van der Waals surface area contributed by atoms with Gasteiger partial charge in [0, 0.05) is 37.1 Å². The van der Waals surface area contributed by atoms with E-state index in [9.17, 15) is 0 Å². The molecule has 0 radical (unpaired) electrons. The predicted octanol–water partition coefficient (Wildman–Crippen LogP) is 4.52. The Hall–Kier alpha value is -2.41. The highest BCUT2D eigenvalue weighted by Crippen LogP contribution is 2.43. The fourth-order valence-corrected chi connectivity index (χ4v) is 3.93. The molecule has 108 valence electrons. The number of pyridine rings is 1. The Labute approximate surface area is 131 Å². The minimum atomic E-state index is 0.285. The maximum absolute atomic E-state index is 2.47. The third kappa shape index (κ3) is 1.82. The second-order valence-electron chi connectivity index (χ2n) is 6.26. The maximum Gasteiger partial charge on any atom is 0.210 e. The normalized spacial score (nSPS) is 13.0. The molecule has 1 aliphatic carbocycles. The minimum Gasteiger partial charge on any atom is -0.189 e. The molecule has 1 aromatic heterocycles. The van der Waals surface area contributed by atoms with Gasteiger partial charge in [-0.2, -0.15) is 4.57 Å². The van der Waals surface area contributed by atoms with Crippen molar-refractivity contribution in [2.45, 2.75) is 26.8 Å². The van der Waals surface area contributed by atoms with Crippen molar-refractivity contribution in [2.24, 2.45) is 0 Å². The molecule has 0 amide bonds. The summed E-state index contributed by atoms with van der Waals surface area (Å²) in [6, 6.07) is 22.4. The topological polar surface area (TPSA) is 3.88 Å². The number of hydrogen-bond acceptors (Lipinski definition) is 0. The Morgan fingerprint density at radius 3 is 1.64 bits per heavy atom. The smallest absolute Gasteiger partial charge is 0.189 e. The van der Waals surface area contributed by atoms with Crippen LogP contribution in [0.1, 0.15) is 34.1 Å². The number of nitrogens with zero attached hydrogens (tertiary/aromatic N) is 1. The molecule has 1 aliphatic rings. The summed E-state index contributed by atoms with van der Waals surface area (Å²) >= 11 is 0. The molecule has 1 heterocycles. The van der Waals surface area contributed by atoms with Gasteiger partial charge in [0.2, 0.25) is 6.04 Å². The van der Waals surface area contributed by atoms with E-state index in [1.807, 2.05) is 0 Å². The molecule has 3 aromatic rings. The van der Waals surface area contributed by atoms with Crippen molar-refractivity contribution < 1.29 is 4.57 Å². The van der Waals surface area contributed by atoms with Crippen LogP contribution in [0.4, 0.5) is 0 Å². The lowest BCUT2D eigenvalue weighted by molar-refractivity contribution is -0.715. The highest BCUT2D eigenvalue weighted by atomic mass is 15.0. The average molecular weight is 286 g/mol. The number of aryl methyl sites for hydroxylation is 3. The molecule has 0 aliphatic heterocycles. The van der Waals surface area contributed by atoms with E-state index in [1.54, 1.807) is 0 Å². The van der Waals surface area contributed by atoms with Crippen LogP contribution >= 0.6 is 0 Å². The van der Waals surface area contributed by atoms with Gasteiger partial charge in [-0.15, -0.1) is 0 Å². The SMILES string of the molecule is Cc1cc(C)[n+](C2c3ccccc3-c3ccccc32)c(C)c1. The molecule has 0 N–H and O–H groups in total. The number of aromatic nitrogens is 1. The summed E-state index contributed by atoms with van der Waals surface area (Å²) in [5, 5.41) is 0. The van der Waals surface area contributed by atoms with Crippen LogP contribution in [-0.2, 0) is 0 Å². The summed E-state index contributed by atoms with van der Waals surface area (Å²) in [4.78, 5) is 0. The van der Waals surface area contributed by atoms with Crippen molar-refractivity contribution in [1.82, 2.24) is 0 Å². The van der Waals surface area contributed by atoms with Crippen LogP contribution in [0.25, 0.3) is 11.1 Å². The molecule has 4 rings (SSSR count). The standard InChI is InChI=1S/C21H20N/c1-14-12-15(2)22(16(3)13-14)21-19-10-6-4-8-17(19)18-9-5-7-11-20(18)21/h4-13,21H,1-3H3/q+1. The molecule has 1 heteroatoms. The molecular weight excluding hydrogens is 266 g/mol. The first-order chi connectivity index (χ1) is 10.7. The molecule has 22 heavy (non-hydrogen) atoms. The second-order valence-corrected chi connectivity index (χ2v) is 6.26. The summed E-state index contributed by atoms with van der Waals surface area (Å²) in [5.74, 6) is 0. The van der Waals surface area contributed by atoms with Crippen molar-refractivity contribution >= 4 is 0 Å². The van der Waals surface area contributed by atoms with Crippen molar-refractivity contribution in [2.75, 3.05) is 0 Å². The van der Waals surface area contributed by atoms with Crippen LogP contribution in [0, 0.1) is 20.8 Å². The van der Waals surface area contributed by atoms with Crippen LogP contribution in [-0.4, -0.2) is 0 Å². The molecule has 0 unspecified atom stereocenters. The Balaban J connectivity index is 2.04. The van der Waals surface area contributed by atoms with Crippen LogP contribution < -0.4 is 4.57 Å². The van der Waals surface area contributed by atoms with Crippen molar-refractivity contribution in [3.8, 4) is 11.1 Å². The summed E-state index contributed by atoms with van der Waals surface area (Å²) in [6.07, 6.45) is 0. The first kappa shape index (κ1) is 13.3. The first-order valence-corrected chi connectivity index (χ1v) is 7.84. The molecule has 2 aromatic carbocycles. The van der Waals surface area contributed by atoms with Gasteiger partial charge in [0.1, 0.15) is 0 Å². The average Bonchev–Trinajstić information content (AvgIpc) is 2.82. The molecular formula is C21H20N+. The van der Waals surface area contributed by atoms with E-state index in [0.717, 1.165) is 0 Å². The summed E-state index contributed by atoms with van der Waals surface area (Å²) < 4.78 is 2.47. The van der Waals surface area contributed by atoms with Crippen LogP contribution in [0.15, 0.2) is 60.7 Å². The zero-order valence-electron chi connectivity index (χ0n) is 13.3. The van der Waals surface area contributed by atoms with Crippen molar-refractivity contribution in [3.63, 3.8) is 0 Å². The summed E-state index contributed by atoms with van der Waals surface area (Å²) in [7, 11) is 0. The summed E-state index contributed by atoms with van der Waals surface area (Å²) in [6.45, 7) is 6.59. The number of hydrogen-bond donors (Lipinski definition) is 0. The van der Waals surface area contributed by atoms with Gasteiger partial charge in [-0.3, -0.25) is 0 Å². The maximum atomic E-state index is 2.47. The van der Waals surface area contributed by atoms with Crippen LogP contribution in [0.3, 0.4) is 0 Å². The fraction of sp³-hybridized carbons (Fsp3) is 0.190. The molecule has 0 atom stereocenters. The second kappa shape index (κ2) is 4.81. The molecule has 1 nitrogen and oxygen atoms in total. The number of benzene rings is 2. The summed E-state index contributed by atoms with van der Waals surface area (Å²) in [5.41, 5.74) is 9.51. The van der Waals surface area contributed by atoms with Gasteiger partial charge >= 0.3 is 0 Å². The van der Waals surface area contributed by atoms with Gasteiger partial charge in [-0.25, -0.2) is 0 Å². The van der Waals surface area contributed by atoms with Crippen LogP contribution in [0.2, 0.25) is 0 Å². The highest BCUT2D eigenvalue weighted by Gasteiger charge is 2.36. The third-order valence-electron chi connectivity index (χ3n) is 4.69. The van der Waals surface area contributed by atoms with Crippen molar-refractivity contribution in [3.05, 3.63) is 88.7 Å². The van der Waals surface area contributed by atoms with E-state index in [1.165, 1.54) is 39.2 Å². The minimum absolute atomic E-state index is 0.285. The van der Waals surface area contributed by atoms with Gasteiger partial charge in [0.25, 0.3) is 0 Å². The zero-order chi connectivity index (χ0) is 15.3. The third-order valence-corrected chi connectivity index (χ3v) is 4.69. The van der Waals surface area contributed by atoms with Gasteiger partial charge in [0.15, 0.2) is 11.4 Å². The van der Waals surface area contributed by atoms with Crippen molar-refractivity contribution in [1.29, 1.82) is 0 Å². The van der Waals surface area contributed by atoms with Gasteiger partial charge in [-0.05, 0) is 23.6 Å². The molecule has 0 bridgehead atoms. The lowest BCUT2D eigenvalue weighted by atomic mass is 10.0. The first-order valence-electron chi connectivity index (χ1n) is 7.84. The number of fused-ring (bicyclic) bond motifs is 3. The van der Waals surface area contributed by atoms with E-state index >= 15 is 0 Å². The quantitative estimate of drug-likeness (QED) is 0.453. The van der Waals surface area contributed by atoms with Gasteiger partial charge in [0.05, 0.1) is 0 Å². The fourth-order valence-electron chi connectivity index (χ4n) is 3.93. The lowest BCUT2D eigenvalue weighted by Gasteiger charge is -2.14. The van der Waals surface area contributed by atoms with Gasteiger partial charge < -0.3 is 0 Å². The number of rotatable bonds is 1. The monoisotopic (exact) mass is 286 g/mol. The van der Waals surface area contributed by atoms with Crippen LogP contribution in [0.5, 0.6) is 0 Å². The van der Waals surface area contributed by atoms with E-state index in [0.29, 0.717) is 0 Å². The molecule has 0 saturated carbocycles. The Kier molecular flexibility index (Phi) is 2.90. The zero-order valence-corrected chi connectivity index (χ0v) is 13.3. The van der Waals surface area contributed by atoms with Gasteiger partial charge in [-0.1, -0.05) is 48.5 Å². The van der Waals surface area contributed by atoms with E-state index < -0.39 is 0 Å². The Morgan fingerprint density at radius 1 is 0.682 bits per heavy atom. The van der Waals surface area contributed by atoms with E-state index in [4.69, 9.17) is 0 Å². The van der Waals surface area contributed by atoms with E-state index in [-0.39, 0.29) is 6.04 Å². The molecule has 0 fully saturated rings. The Morgan fingerprint density at radius 2 is 1.14 bits per heavy atom. The van der Waals surface area contributed by atoms with E-state index in [2.05, 4.69) is 86.0 Å². The lowest BCUT2D eigenvalue weighted by Crippen LogP contribution is -2.45. The molecule has 0 spiro atoms. The Bertz CT molecular complexity index is 808. The predicted molar refractivity (Wildman–Crippen MR) is 90.0 cm³/mol. The highest BCUT2D eigenvalue weighted by molar-refractivity contribution is 5.77. The molecule has 0 saturated heterocycles. The largest absolute Gasteiger partial charge is 0.210 e.